The zero-order valence-electron chi connectivity index (χ0n) is 15.1. The molecule has 0 unspecified atom stereocenters. The number of rotatable bonds is 7. The predicted molar refractivity (Wildman–Crippen MR) is 97.5 cm³/mol. The van der Waals surface area contributed by atoms with Crippen LogP contribution in [0.15, 0.2) is 53.4 Å². The number of anilines is 1. The number of hydrogen-bond acceptors (Lipinski definition) is 4. The van der Waals surface area contributed by atoms with Gasteiger partial charge in [0, 0.05) is 5.69 Å². The Kier molecular flexibility index (Phi) is 6.68. The number of amides is 1. The lowest BCUT2D eigenvalue weighted by Crippen LogP contribution is -2.33. The van der Waals surface area contributed by atoms with Crippen molar-refractivity contribution in [1.29, 1.82) is 0 Å². The normalized spacial score (nSPS) is 12.1. The maximum Gasteiger partial charge on any atom is 0.416 e. The molecule has 1 amide bonds. The molecule has 0 fully saturated rings. The first-order valence-corrected chi connectivity index (χ1v) is 9.69. The first kappa shape index (κ1) is 21.7. The van der Waals surface area contributed by atoms with E-state index in [0.717, 1.165) is 18.2 Å². The van der Waals surface area contributed by atoms with E-state index < -0.39 is 39.1 Å². The highest BCUT2D eigenvalue weighted by Crippen LogP contribution is 2.30. The second-order valence-corrected chi connectivity index (χ2v) is 7.86. The van der Waals surface area contributed by atoms with Gasteiger partial charge < -0.3 is 10.1 Å². The molecule has 2 aromatic rings. The molecule has 0 saturated heterocycles. The summed E-state index contributed by atoms with van der Waals surface area (Å²) in [5.41, 5.74) is -0.678. The average molecular weight is 416 g/mol. The van der Waals surface area contributed by atoms with Crippen LogP contribution in [-0.2, 0) is 21.0 Å². The van der Waals surface area contributed by atoms with Gasteiger partial charge in [0.25, 0.3) is 0 Å². The standard InChI is InChI=1S/C18H19F3N2O4S/c1-12(2)27-15-8-6-14(7-9-15)23-17(24)11-22-28(25,26)16-5-3-4-13(10-16)18(19,20)21/h3-10,12,22H,11H2,1-2H3,(H,23,24). The Morgan fingerprint density at radius 1 is 1.11 bits per heavy atom. The zero-order chi connectivity index (χ0) is 20.9. The van der Waals surface area contributed by atoms with Crippen molar-refractivity contribution >= 4 is 21.6 Å². The Morgan fingerprint density at radius 3 is 2.32 bits per heavy atom. The van der Waals surface area contributed by atoms with Gasteiger partial charge >= 0.3 is 6.18 Å². The number of halogens is 3. The van der Waals surface area contributed by atoms with E-state index in [4.69, 9.17) is 4.74 Å². The van der Waals surface area contributed by atoms with E-state index in [0.29, 0.717) is 17.5 Å². The fourth-order valence-electron chi connectivity index (χ4n) is 2.18. The number of nitrogens with one attached hydrogen (secondary N) is 2. The van der Waals surface area contributed by atoms with Gasteiger partial charge in [-0.15, -0.1) is 0 Å². The van der Waals surface area contributed by atoms with Crippen LogP contribution in [-0.4, -0.2) is 27.0 Å². The molecule has 0 aliphatic heterocycles. The summed E-state index contributed by atoms with van der Waals surface area (Å²) in [5, 5.41) is 2.48. The summed E-state index contributed by atoms with van der Waals surface area (Å²) in [6, 6.07) is 9.71. The Bertz CT molecular complexity index is 927. The third-order valence-electron chi connectivity index (χ3n) is 3.40. The van der Waals surface area contributed by atoms with Crippen molar-refractivity contribution in [2.45, 2.75) is 31.0 Å². The molecule has 152 valence electrons. The zero-order valence-corrected chi connectivity index (χ0v) is 15.9. The molecule has 0 aromatic heterocycles. The van der Waals surface area contributed by atoms with E-state index in [-0.39, 0.29) is 6.10 Å². The molecule has 0 bridgehead atoms. The van der Waals surface area contributed by atoms with E-state index in [1.54, 1.807) is 24.3 Å². The molecule has 10 heteroatoms. The molecule has 0 radical (unpaired) electrons. The summed E-state index contributed by atoms with van der Waals surface area (Å²) in [5.74, 6) is -0.0636. The van der Waals surface area contributed by atoms with Crippen LogP contribution in [0.3, 0.4) is 0 Å². The van der Waals surface area contributed by atoms with E-state index >= 15 is 0 Å². The lowest BCUT2D eigenvalue weighted by atomic mass is 10.2. The Morgan fingerprint density at radius 2 is 1.75 bits per heavy atom. The third-order valence-corrected chi connectivity index (χ3v) is 4.80. The monoisotopic (exact) mass is 416 g/mol. The SMILES string of the molecule is CC(C)Oc1ccc(NC(=O)CNS(=O)(=O)c2cccc(C(F)(F)F)c2)cc1. The highest BCUT2D eigenvalue weighted by molar-refractivity contribution is 7.89. The molecule has 6 nitrogen and oxygen atoms in total. The average Bonchev–Trinajstić information content (AvgIpc) is 2.61. The molecule has 0 saturated carbocycles. The van der Waals surface area contributed by atoms with Crippen molar-refractivity contribution in [3.8, 4) is 5.75 Å². The van der Waals surface area contributed by atoms with Crippen molar-refractivity contribution in [1.82, 2.24) is 4.72 Å². The van der Waals surface area contributed by atoms with Gasteiger partial charge in [-0.05, 0) is 56.3 Å². The van der Waals surface area contributed by atoms with Gasteiger partial charge in [-0.3, -0.25) is 4.79 Å². The number of carbonyl (C=O) groups excluding carboxylic acids is 1. The van der Waals surface area contributed by atoms with Gasteiger partial charge in [0.15, 0.2) is 0 Å². The summed E-state index contributed by atoms with van der Waals surface area (Å²) < 4.78 is 69.9. The van der Waals surface area contributed by atoms with Crippen molar-refractivity contribution in [3.63, 3.8) is 0 Å². The molecule has 2 N–H and O–H groups in total. The van der Waals surface area contributed by atoms with Crippen LogP contribution in [0.5, 0.6) is 5.75 Å². The van der Waals surface area contributed by atoms with E-state index in [2.05, 4.69) is 5.32 Å². The Labute approximate surface area is 160 Å². The van der Waals surface area contributed by atoms with E-state index in [9.17, 15) is 26.4 Å². The van der Waals surface area contributed by atoms with Crippen LogP contribution < -0.4 is 14.8 Å². The van der Waals surface area contributed by atoms with Crippen LogP contribution in [0, 0.1) is 0 Å². The van der Waals surface area contributed by atoms with Crippen LogP contribution in [0.4, 0.5) is 18.9 Å². The Balaban J connectivity index is 1.98. The number of sulfonamides is 1. The summed E-state index contributed by atoms with van der Waals surface area (Å²) >= 11 is 0. The topological polar surface area (TPSA) is 84.5 Å². The summed E-state index contributed by atoms with van der Waals surface area (Å²) in [4.78, 5) is 11.4. The molecule has 2 rings (SSSR count). The molecule has 0 atom stereocenters. The van der Waals surface area contributed by atoms with Crippen LogP contribution in [0.1, 0.15) is 19.4 Å². The molecule has 2 aromatic carbocycles. The largest absolute Gasteiger partial charge is 0.491 e. The number of alkyl halides is 3. The fourth-order valence-corrected chi connectivity index (χ4v) is 3.21. The molecular weight excluding hydrogens is 397 g/mol. The lowest BCUT2D eigenvalue weighted by molar-refractivity contribution is -0.137. The fraction of sp³-hybridized carbons (Fsp3) is 0.278. The maximum atomic E-state index is 12.7. The van der Waals surface area contributed by atoms with E-state index in [1.807, 2.05) is 18.6 Å². The van der Waals surface area contributed by atoms with Crippen LogP contribution in [0.2, 0.25) is 0 Å². The van der Waals surface area contributed by atoms with Gasteiger partial charge in [-0.2, -0.15) is 13.2 Å². The maximum absolute atomic E-state index is 12.7. The molecule has 0 heterocycles. The van der Waals surface area contributed by atoms with E-state index in [1.165, 1.54) is 0 Å². The first-order chi connectivity index (χ1) is 13.0. The minimum Gasteiger partial charge on any atom is -0.491 e. The smallest absolute Gasteiger partial charge is 0.416 e. The lowest BCUT2D eigenvalue weighted by Gasteiger charge is -2.12. The summed E-state index contributed by atoms with van der Waals surface area (Å²) in [6.45, 7) is 3.10. The minimum atomic E-state index is -4.67. The van der Waals surface area contributed by atoms with Gasteiger partial charge in [-0.25, -0.2) is 13.1 Å². The second kappa shape index (κ2) is 8.61. The molecule has 28 heavy (non-hydrogen) atoms. The van der Waals surface area contributed by atoms with Gasteiger partial charge in [0.1, 0.15) is 5.75 Å². The van der Waals surface area contributed by atoms with Gasteiger partial charge in [0.2, 0.25) is 15.9 Å². The van der Waals surface area contributed by atoms with Crippen molar-refractivity contribution in [2.75, 3.05) is 11.9 Å². The molecule has 0 aliphatic rings. The number of carbonyl (C=O) groups is 1. The summed E-state index contributed by atoms with van der Waals surface area (Å²) in [6.07, 6.45) is -4.68. The molecular formula is C18H19F3N2O4S. The van der Waals surface area contributed by atoms with Crippen LogP contribution >= 0.6 is 0 Å². The van der Waals surface area contributed by atoms with Crippen molar-refractivity contribution in [2.24, 2.45) is 0 Å². The second-order valence-electron chi connectivity index (χ2n) is 6.09. The number of ether oxygens (including phenoxy) is 1. The highest BCUT2D eigenvalue weighted by atomic mass is 32.2. The molecule has 0 spiro atoms. The van der Waals surface area contributed by atoms with Gasteiger partial charge in [-0.1, -0.05) is 6.07 Å². The number of benzene rings is 2. The van der Waals surface area contributed by atoms with Crippen molar-refractivity contribution in [3.05, 3.63) is 54.1 Å². The third kappa shape index (κ3) is 6.24. The minimum absolute atomic E-state index is 0.00861. The summed E-state index contributed by atoms with van der Waals surface area (Å²) in [7, 11) is -4.28. The predicted octanol–water partition coefficient (Wildman–Crippen LogP) is 3.41. The van der Waals surface area contributed by atoms with Crippen LogP contribution in [0.25, 0.3) is 0 Å². The Hall–Kier alpha value is -2.59. The first-order valence-electron chi connectivity index (χ1n) is 8.21. The molecule has 0 aliphatic carbocycles. The number of hydrogen-bond donors (Lipinski definition) is 2. The quantitative estimate of drug-likeness (QED) is 0.725. The highest BCUT2D eigenvalue weighted by Gasteiger charge is 2.31. The van der Waals surface area contributed by atoms with Gasteiger partial charge in [0.05, 0.1) is 23.1 Å². The van der Waals surface area contributed by atoms with Crippen molar-refractivity contribution < 1.29 is 31.1 Å².